The Kier molecular flexibility index (Phi) is 6.39. The molecule has 0 bridgehead atoms. The Bertz CT molecular complexity index is 234. The van der Waals surface area contributed by atoms with E-state index >= 15 is 0 Å². The minimum absolute atomic E-state index is 1.11. The zero-order valence-electron chi connectivity index (χ0n) is 8.52. The minimum Gasteiger partial charge on any atom is -0.0882 e. The molecule has 1 rings (SSSR count). The van der Waals surface area contributed by atoms with Crippen LogP contribution in [0.3, 0.4) is 0 Å². The Morgan fingerprint density at radius 2 is 1.36 bits per heavy atom. The highest BCUT2D eigenvalue weighted by Crippen LogP contribution is 1.98. The number of rotatable bonds is 0. The van der Waals surface area contributed by atoms with E-state index in [1.807, 2.05) is 24.3 Å². The summed E-state index contributed by atoms with van der Waals surface area (Å²) in [5, 5.41) is 0. The molecule has 0 aliphatic heterocycles. The molecule has 0 saturated carbocycles. The van der Waals surface area contributed by atoms with Gasteiger partial charge in [-0.2, -0.15) is 0 Å². The molecule has 0 aromatic carbocycles. The molecule has 0 amide bonds. The number of hydrogen-bond acceptors (Lipinski definition) is 0. The fourth-order valence-corrected chi connectivity index (χ4v) is 1.18. The van der Waals surface area contributed by atoms with Gasteiger partial charge in [-0.05, 0) is 31.8 Å². The average Bonchev–Trinajstić information content (AvgIpc) is 2.22. The largest absolute Gasteiger partial charge is 0.0882 e. The zero-order chi connectivity index (χ0) is 9.90. The first kappa shape index (κ1) is 10.8. The van der Waals surface area contributed by atoms with Crippen LogP contribution in [-0.4, -0.2) is 0 Å². The zero-order valence-corrected chi connectivity index (χ0v) is 8.52. The van der Waals surface area contributed by atoms with Crippen LogP contribution in [0.1, 0.15) is 25.7 Å². The molecule has 0 heterocycles. The molecule has 0 aromatic rings. The third-order valence-corrected chi connectivity index (χ3v) is 1.93. The minimum atomic E-state index is 1.11. The normalized spacial score (nSPS) is 29.7. The summed E-state index contributed by atoms with van der Waals surface area (Å²) in [6.45, 7) is 0. The monoisotopic (exact) mass is 185 g/mol. The van der Waals surface area contributed by atoms with E-state index in [0.717, 1.165) is 25.7 Å². The molecule has 1 aliphatic rings. The van der Waals surface area contributed by atoms with Crippen molar-refractivity contribution in [2.45, 2.75) is 25.7 Å². The molecule has 0 spiro atoms. The second kappa shape index (κ2) is 8.31. The van der Waals surface area contributed by atoms with Crippen molar-refractivity contribution < 1.29 is 0 Å². The van der Waals surface area contributed by atoms with Gasteiger partial charge in [-0.15, -0.1) is 0 Å². The van der Waals surface area contributed by atoms with Crippen molar-refractivity contribution in [3.63, 3.8) is 0 Å². The SMILES string of the molecule is [C]1=C/C=C\C=C\CC/C=C/CC\C=C/1. The topological polar surface area (TPSA) is 0 Å². The van der Waals surface area contributed by atoms with Crippen LogP contribution in [0.5, 0.6) is 0 Å². The lowest BCUT2D eigenvalue weighted by molar-refractivity contribution is 1.00. The first-order valence-electron chi connectivity index (χ1n) is 5.21. The molecular formula is C14H17. The van der Waals surface area contributed by atoms with Crippen LogP contribution in [0.2, 0.25) is 0 Å². The van der Waals surface area contributed by atoms with Gasteiger partial charge in [-0.3, -0.25) is 0 Å². The lowest BCUT2D eigenvalue weighted by Crippen LogP contribution is -1.68. The molecule has 0 N–H and O–H groups in total. The maximum atomic E-state index is 3.09. The summed E-state index contributed by atoms with van der Waals surface area (Å²) in [6, 6.07) is 0. The molecule has 0 aromatic heterocycles. The van der Waals surface area contributed by atoms with Crippen LogP contribution in [0.4, 0.5) is 0 Å². The van der Waals surface area contributed by atoms with Crippen LogP contribution < -0.4 is 0 Å². The summed E-state index contributed by atoms with van der Waals surface area (Å²) in [5.41, 5.74) is 0. The highest BCUT2D eigenvalue weighted by atomic mass is 13.8. The molecule has 0 fully saturated rings. The predicted molar refractivity (Wildman–Crippen MR) is 62.8 cm³/mol. The van der Waals surface area contributed by atoms with Crippen LogP contribution in [-0.2, 0) is 0 Å². The van der Waals surface area contributed by atoms with E-state index in [1.165, 1.54) is 0 Å². The third-order valence-electron chi connectivity index (χ3n) is 1.93. The number of hydrogen-bond donors (Lipinski definition) is 0. The van der Waals surface area contributed by atoms with Crippen molar-refractivity contribution >= 4 is 0 Å². The van der Waals surface area contributed by atoms with Crippen molar-refractivity contribution in [2.75, 3.05) is 0 Å². The molecule has 73 valence electrons. The molecular weight excluding hydrogens is 168 g/mol. The fourth-order valence-electron chi connectivity index (χ4n) is 1.18. The van der Waals surface area contributed by atoms with Gasteiger partial charge in [-0.25, -0.2) is 0 Å². The Labute approximate surface area is 87.0 Å². The highest BCUT2D eigenvalue weighted by Gasteiger charge is 1.78. The maximum Gasteiger partial charge on any atom is -0.0187 e. The van der Waals surface area contributed by atoms with E-state index < -0.39 is 0 Å². The molecule has 0 unspecified atom stereocenters. The van der Waals surface area contributed by atoms with Crippen molar-refractivity contribution in [1.82, 2.24) is 0 Å². The van der Waals surface area contributed by atoms with Gasteiger partial charge in [0.2, 0.25) is 0 Å². The van der Waals surface area contributed by atoms with Gasteiger partial charge < -0.3 is 0 Å². The fraction of sp³-hybridized carbons (Fsp3) is 0.286. The molecule has 1 aliphatic carbocycles. The van der Waals surface area contributed by atoms with E-state index in [0.29, 0.717) is 0 Å². The summed E-state index contributed by atoms with van der Waals surface area (Å²) in [6.07, 6.45) is 26.5. The summed E-state index contributed by atoms with van der Waals surface area (Å²) < 4.78 is 0. The molecule has 0 saturated heterocycles. The van der Waals surface area contributed by atoms with E-state index in [-0.39, 0.29) is 0 Å². The summed E-state index contributed by atoms with van der Waals surface area (Å²) in [5.74, 6) is 0. The first-order chi connectivity index (χ1) is 7.00. The van der Waals surface area contributed by atoms with Crippen molar-refractivity contribution in [3.8, 4) is 0 Å². The van der Waals surface area contributed by atoms with Gasteiger partial charge in [-0.1, -0.05) is 54.7 Å². The van der Waals surface area contributed by atoms with Crippen molar-refractivity contribution in [2.24, 2.45) is 0 Å². The van der Waals surface area contributed by atoms with Crippen LogP contribution in [0.15, 0.2) is 54.7 Å². The highest BCUT2D eigenvalue weighted by molar-refractivity contribution is 5.12. The Morgan fingerprint density at radius 3 is 2.21 bits per heavy atom. The van der Waals surface area contributed by atoms with E-state index in [4.69, 9.17) is 0 Å². The van der Waals surface area contributed by atoms with E-state index in [9.17, 15) is 0 Å². The Balaban J connectivity index is 2.46. The van der Waals surface area contributed by atoms with E-state index in [2.05, 4.69) is 36.5 Å². The molecule has 0 heteroatoms. The maximum absolute atomic E-state index is 3.09. The van der Waals surface area contributed by atoms with Gasteiger partial charge in [0.05, 0.1) is 0 Å². The molecule has 0 atom stereocenters. The Hall–Kier alpha value is -1.30. The van der Waals surface area contributed by atoms with Gasteiger partial charge in [0.15, 0.2) is 0 Å². The van der Waals surface area contributed by atoms with Crippen molar-refractivity contribution in [3.05, 3.63) is 60.8 Å². The summed E-state index contributed by atoms with van der Waals surface area (Å²) in [4.78, 5) is 0. The average molecular weight is 185 g/mol. The quantitative estimate of drug-likeness (QED) is 0.497. The van der Waals surface area contributed by atoms with Gasteiger partial charge >= 0.3 is 0 Å². The van der Waals surface area contributed by atoms with Crippen molar-refractivity contribution in [1.29, 1.82) is 0 Å². The lowest BCUT2D eigenvalue weighted by Gasteiger charge is -1.88. The smallest absolute Gasteiger partial charge is 0.0187 e. The van der Waals surface area contributed by atoms with Crippen LogP contribution in [0.25, 0.3) is 0 Å². The molecule has 0 nitrogen and oxygen atoms in total. The van der Waals surface area contributed by atoms with E-state index in [1.54, 1.807) is 0 Å². The second-order valence-corrected chi connectivity index (χ2v) is 3.17. The first-order valence-corrected chi connectivity index (χ1v) is 5.21. The van der Waals surface area contributed by atoms with Crippen LogP contribution >= 0.6 is 0 Å². The Morgan fingerprint density at radius 1 is 0.643 bits per heavy atom. The molecule has 1 radical (unpaired) electrons. The second-order valence-electron chi connectivity index (χ2n) is 3.17. The predicted octanol–water partition coefficient (Wildman–Crippen LogP) is 4.14. The van der Waals surface area contributed by atoms with Gasteiger partial charge in [0.1, 0.15) is 0 Å². The summed E-state index contributed by atoms with van der Waals surface area (Å²) >= 11 is 0. The number of allylic oxidation sites excluding steroid dienone is 10. The molecule has 14 heavy (non-hydrogen) atoms. The third kappa shape index (κ3) is 6.24. The standard InChI is InChI=1S/C14H17/c1-2-4-6-8-10-12-14-13-11-9-7-5-3-1/h1-5,9-12H,6,8,13-14H2/b3-1-,4-2+,7-5?,11-9-,12-10+. The lowest BCUT2D eigenvalue weighted by atomic mass is 10.2. The summed E-state index contributed by atoms with van der Waals surface area (Å²) in [7, 11) is 0. The van der Waals surface area contributed by atoms with Gasteiger partial charge in [0, 0.05) is 0 Å². The van der Waals surface area contributed by atoms with Gasteiger partial charge in [0.25, 0.3) is 0 Å². The van der Waals surface area contributed by atoms with Crippen LogP contribution in [0, 0.1) is 6.08 Å².